The van der Waals surface area contributed by atoms with Gasteiger partial charge in [-0.15, -0.1) is 0 Å². The van der Waals surface area contributed by atoms with E-state index in [9.17, 15) is 4.79 Å². The van der Waals surface area contributed by atoms with E-state index >= 15 is 0 Å². The maximum Gasteiger partial charge on any atom is 0.241 e. The molecular formula is C25H30O2Si2. The van der Waals surface area contributed by atoms with E-state index in [1.54, 1.807) is 0 Å². The SMILES string of the molecule is CC(C)(O[Si](c1ccccc1)(c1ccccc1)[Si](C)(C)C)C(=O)c1ccccc1. The van der Waals surface area contributed by atoms with Crippen molar-refractivity contribution in [3.63, 3.8) is 0 Å². The molecule has 0 spiro atoms. The van der Waals surface area contributed by atoms with Crippen molar-refractivity contribution in [3.05, 3.63) is 96.6 Å². The average Bonchev–Trinajstić information content (AvgIpc) is 2.72. The summed E-state index contributed by atoms with van der Waals surface area (Å²) >= 11 is 0. The fraction of sp³-hybridized carbons (Fsp3) is 0.240. The molecular weight excluding hydrogens is 388 g/mol. The van der Waals surface area contributed by atoms with Gasteiger partial charge in [0, 0.05) is 5.56 Å². The molecule has 0 radical (unpaired) electrons. The highest BCUT2D eigenvalue weighted by Gasteiger charge is 2.54. The van der Waals surface area contributed by atoms with Crippen LogP contribution in [-0.2, 0) is 4.43 Å². The summed E-state index contributed by atoms with van der Waals surface area (Å²) in [6, 6.07) is 30.6. The first-order chi connectivity index (χ1) is 13.7. The fourth-order valence-corrected chi connectivity index (χ4v) is 16.7. The van der Waals surface area contributed by atoms with Gasteiger partial charge >= 0.3 is 0 Å². The standard InChI is InChI=1S/C25H30O2Si2/c1-25(2,24(26)21-15-9-6-10-16-21)27-29(28(3,4)5,22-17-11-7-12-18-22)23-19-13-8-14-20-23/h6-20H,1-5H3. The molecule has 0 atom stereocenters. The van der Waals surface area contributed by atoms with Gasteiger partial charge in [0.2, 0.25) is 7.83 Å². The smallest absolute Gasteiger partial charge is 0.241 e. The van der Waals surface area contributed by atoms with Gasteiger partial charge in [-0.25, -0.2) is 0 Å². The Balaban J connectivity index is 2.19. The van der Waals surface area contributed by atoms with Gasteiger partial charge in [-0.1, -0.05) is 111 Å². The summed E-state index contributed by atoms with van der Waals surface area (Å²) in [5, 5.41) is 2.47. The van der Waals surface area contributed by atoms with Crippen LogP contribution in [0.2, 0.25) is 19.6 Å². The first-order valence-corrected chi connectivity index (χ1v) is 16.5. The van der Waals surface area contributed by atoms with Crippen molar-refractivity contribution in [1.82, 2.24) is 0 Å². The van der Waals surface area contributed by atoms with E-state index in [0.29, 0.717) is 5.56 Å². The Morgan fingerprint density at radius 3 is 1.45 bits per heavy atom. The molecule has 0 aliphatic heterocycles. The third kappa shape index (κ3) is 4.20. The van der Waals surface area contributed by atoms with E-state index in [1.165, 1.54) is 10.4 Å². The Morgan fingerprint density at radius 1 is 0.690 bits per heavy atom. The first kappa shape index (κ1) is 21.4. The maximum atomic E-state index is 13.4. The van der Waals surface area contributed by atoms with E-state index in [2.05, 4.69) is 68.2 Å². The van der Waals surface area contributed by atoms with Crippen LogP contribution >= 0.6 is 0 Å². The van der Waals surface area contributed by atoms with Gasteiger partial charge in [0.15, 0.2) is 5.78 Å². The lowest BCUT2D eigenvalue weighted by Gasteiger charge is -2.46. The van der Waals surface area contributed by atoms with Crippen molar-refractivity contribution in [2.24, 2.45) is 0 Å². The zero-order chi connectivity index (χ0) is 21.1. The van der Waals surface area contributed by atoms with Crippen molar-refractivity contribution in [1.29, 1.82) is 0 Å². The van der Waals surface area contributed by atoms with E-state index < -0.39 is 21.0 Å². The molecule has 2 nitrogen and oxygen atoms in total. The maximum absolute atomic E-state index is 13.4. The van der Waals surface area contributed by atoms with Crippen molar-refractivity contribution < 1.29 is 9.22 Å². The molecule has 0 bridgehead atoms. The summed E-state index contributed by atoms with van der Waals surface area (Å²) in [5.74, 6) is 0.0279. The Hall–Kier alpha value is -2.28. The second-order valence-corrected chi connectivity index (χ2v) is 22.8. The zero-order valence-corrected chi connectivity index (χ0v) is 20.0. The summed E-state index contributed by atoms with van der Waals surface area (Å²) in [4.78, 5) is 13.4. The molecule has 0 heterocycles. The summed E-state index contributed by atoms with van der Waals surface area (Å²) in [7, 11) is -4.57. The summed E-state index contributed by atoms with van der Waals surface area (Å²) in [5.41, 5.74) is -0.239. The van der Waals surface area contributed by atoms with Crippen LogP contribution in [0.1, 0.15) is 24.2 Å². The summed E-state index contributed by atoms with van der Waals surface area (Å²) in [6.45, 7) is 10.9. The molecule has 0 fully saturated rings. The molecule has 3 rings (SSSR count). The van der Waals surface area contributed by atoms with Crippen LogP contribution in [0.5, 0.6) is 0 Å². The first-order valence-electron chi connectivity index (χ1n) is 10.1. The monoisotopic (exact) mass is 418 g/mol. The minimum absolute atomic E-state index is 0.0279. The number of carbonyl (C=O) groups is 1. The minimum atomic E-state index is -2.66. The molecule has 0 N–H and O–H groups in total. The fourth-order valence-electron chi connectivity index (χ4n) is 4.02. The van der Waals surface area contributed by atoms with Crippen LogP contribution in [0.4, 0.5) is 0 Å². The van der Waals surface area contributed by atoms with Crippen LogP contribution in [0.15, 0.2) is 91.0 Å². The molecule has 3 aromatic carbocycles. The third-order valence-corrected chi connectivity index (χ3v) is 19.0. The molecule has 0 amide bonds. The van der Waals surface area contributed by atoms with E-state index in [1.807, 2.05) is 56.3 Å². The molecule has 29 heavy (non-hydrogen) atoms. The predicted octanol–water partition coefficient (Wildman–Crippen LogP) is 4.84. The largest absolute Gasteiger partial charge is 0.398 e. The van der Waals surface area contributed by atoms with Gasteiger partial charge in [0.25, 0.3) is 0 Å². The number of benzene rings is 3. The minimum Gasteiger partial charge on any atom is -0.398 e. The molecule has 0 saturated heterocycles. The lowest BCUT2D eigenvalue weighted by Crippen LogP contribution is -2.77. The number of hydrogen-bond donors (Lipinski definition) is 0. The highest BCUT2D eigenvalue weighted by molar-refractivity contribution is 7.48. The molecule has 3 aromatic rings. The Labute approximate surface area is 176 Å². The summed E-state index contributed by atoms with van der Waals surface area (Å²) in [6.07, 6.45) is 0. The summed E-state index contributed by atoms with van der Waals surface area (Å²) < 4.78 is 7.13. The van der Waals surface area contributed by atoms with Gasteiger partial charge in [-0.05, 0) is 24.2 Å². The van der Waals surface area contributed by atoms with Gasteiger partial charge in [-0.2, -0.15) is 0 Å². The van der Waals surface area contributed by atoms with Crippen LogP contribution < -0.4 is 10.4 Å². The van der Waals surface area contributed by atoms with E-state index in [0.717, 1.165) is 0 Å². The van der Waals surface area contributed by atoms with Crippen LogP contribution in [0, 0.1) is 0 Å². The molecule has 0 unspecified atom stereocenters. The third-order valence-electron chi connectivity index (χ3n) is 5.41. The van der Waals surface area contributed by atoms with Crippen molar-refractivity contribution in [2.75, 3.05) is 0 Å². The van der Waals surface area contributed by atoms with E-state index in [4.69, 9.17) is 4.43 Å². The van der Waals surface area contributed by atoms with Crippen molar-refractivity contribution in [3.8, 4) is 0 Å². The molecule has 4 heteroatoms. The lowest BCUT2D eigenvalue weighted by molar-refractivity contribution is 0.0580. The lowest BCUT2D eigenvalue weighted by atomic mass is 9.97. The molecule has 0 aromatic heterocycles. The highest BCUT2D eigenvalue weighted by atomic mass is 29.3. The quantitative estimate of drug-likeness (QED) is 0.405. The van der Waals surface area contributed by atoms with Crippen molar-refractivity contribution >= 4 is 31.6 Å². The topological polar surface area (TPSA) is 26.3 Å². The number of Topliss-reactive ketones (excluding diaryl/α,β-unsaturated/α-hetero) is 1. The normalized spacial score (nSPS) is 12.6. The number of carbonyl (C=O) groups excluding carboxylic acids is 1. The predicted molar refractivity (Wildman–Crippen MR) is 127 cm³/mol. The highest BCUT2D eigenvalue weighted by Crippen LogP contribution is 2.29. The average molecular weight is 419 g/mol. The molecule has 150 valence electrons. The number of rotatable bonds is 7. The molecule has 0 aliphatic carbocycles. The Bertz CT molecular complexity index is 907. The van der Waals surface area contributed by atoms with Crippen LogP contribution in [0.3, 0.4) is 0 Å². The van der Waals surface area contributed by atoms with Gasteiger partial charge in [0.1, 0.15) is 5.60 Å². The van der Waals surface area contributed by atoms with Crippen molar-refractivity contribution in [2.45, 2.75) is 39.1 Å². The Kier molecular flexibility index (Phi) is 6.08. The van der Waals surface area contributed by atoms with Gasteiger partial charge in [0.05, 0.1) is 7.59 Å². The number of hydrogen-bond acceptors (Lipinski definition) is 2. The molecule has 0 saturated carbocycles. The number of ketones is 1. The second kappa shape index (κ2) is 8.22. The van der Waals surface area contributed by atoms with Crippen LogP contribution in [0.25, 0.3) is 0 Å². The second-order valence-electron chi connectivity index (χ2n) is 8.97. The van der Waals surface area contributed by atoms with Gasteiger partial charge in [-0.3, -0.25) is 4.79 Å². The van der Waals surface area contributed by atoms with E-state index in [-0.39, 0.29) is 5.78 Å². The molecule has 0 aliphatic rings. The van der Waals surface area contributed by atoms with Gasteiger partial charge < -0.3 is 4.43 Å². The van der Waals surface area contributed by atoms with Crippen LogP contribution in [-0.4, -0.2) is 26.8 Å². The zero-order valence-electron chi connectivity index (χ0n) is 18.0. The Morgan fingerprint density at radius 2 is 1.07 bits per heavy atom.